The molecule has 0 bridgehead atoms. The zero-order valence-corrected chi connectivity index (χ0v) is 7.55. The third kappa shape index (κ3) is 2.38. The van der Waals surface area contributed by atoms with Crippen LogP contribution >= 0.6 is 0 Å². The van der Waals surface area contributed by atoms with E-state index in [4.69, 9.17) is 11.5 Å². The average molecular weight is 170 g/mol. The number of carbonyl (C=O) groups is 2. The van der Waals surface area contributed by atoms with Crippen LogP contribution < -0.4 is 11.5 Å². The maximum atomic E-state index is 11.2. The second-order valence-corrected chi connectivity index (χ2v) is 2.92. The molecule has 4 N–H and O–H groups in total. The number of primary amides is 1. The molecule has 4 heteroatoms. The van der Waals surface area contributed by atoms with E-state index in [1.165, 1.54) is 6.92 Å². The average Bonchev–Trinajstić information content (AvgIpc) is 2.00. The van der Waals surface area contributed by atoms with E-state index < -0.39 is 5.91 Å². The first kappa shape index (κ1) is 10.7. The molecule has 0 aromatic heterocycles. The zero-order chi connectivity index (χ0) is 9.89. The first-order chi connectivity index (χ1) is 5.37. The highest BCUT2D eigenvalue weighted by molar-refractivity contribution is 6.04. The largest absolute Gasteiger partial charge is 0.394 e. The van der Waals surface area contributed by atoms with E-state index in [1.807, 2.05) is 0 Å². The highest BCUT2D eigenvalue weighted by Crippen LogP contribution is 2.06. The predicted molar refractivity (Wildman–Crippen MR) is 45.9 cm³/mol. The number of carbonyl (C=O) groups excluding carboxylic acids is 2. The Hall–Kier alpha value is -1.32. The lowest BCUT2D eigenvalue weighted by molar-refractivity contribution is -0.119. The topological polar surface area (TPSA) is 86.2 Å². The lowest BCUT2D eigenvalue weighted by Crippen LogP contribution is -2.25. The molecule has 68 valence electrons. The molecule has 12 heavy (non-hydrogen) atoms. The van der Waals surface area contributed by atoms with Crippen molar-refractivity contribution < 1.29 is 9.59 Å². The Morgan fingerprint density at radius 1 is 1.17 bits per heavy atom. The second kappa shape index (κ2) is 3.90. The molecule has 0 fully saturated rings. The molecule has 1 amide bonds. The van der Waals surface area contributed by atoms with Gasteiger partial charge in [0.1, 0.15) is 5.70 Å². The van der Waals surface area contributed by atoms with Crippen LogP contribution in [0.4, 0.5) is 0 Å². The van der Waals surface area contributed by atoms with Crippen molar-refractivity contribution in [3.8, 4) is 0 Å². The number of allylic oxidation sites excluding steroid dienone is 1. The lowest BCUT2D eigenvalue weighted by atomic mass is 10.0. The van der Waals surface area contributed by atoms with Crippen molar-refractivity contribution in [2.24, 2.45) is 17.4 Å². The molecular weight excluding hydrogens is 156 g/mol. The molecule has 0 spiro atoms. The summed E-state index contributed by atoms with van der Waals surface area (Å²) in [6.45, 7) is 4.97. The highest BCUT2D eigenvalue weighted by Gasteiger charge is 2.14. The van der Waals surface area contributed by atoms with E-state index in [0.717, 1.165) is 0 Å². The molecule has 0 unspecified atom stereocenters. The Morgan fingerprint density at radius 3 is 1.83 bits per heavy atom. The molecule has 0 aliphatic rings. The van der Waals surface area contributed by atoms with Crippen molar-refractivity contribution >= 4 is 11.7 Å². The second-order valence-electron chi connectivity index (χ2n) is 2.92. The third-order valence-corrected chi connectivity index (χ3v) is 1.56. The normalized spacial score (nSPS) is 12.7. The number of nitrogens with two attached hydrogens (primary N) is 2. The monoisotopic (exact) mass is 170 g/mol. The van der Waals surface area contributed by atoms with Gasteiger partial charge in [0.25, 0.3) is 5.91 Å². The summed E-state index contributed by atoms with van der Waals surface area (Å²) < 4.78 is 0. The standard InChI is InChI=1S/C8H14N2O2/c1-4(2)7(11)5(3)6(9)8(10)12/h4H,9H2,1-3H3,(H2,10,12)/b6-5+. The third-order valence-electron chi connectivity index (χ3n) is 1.56. The summed E-state index contributed by atoms with van der Waals surface area (Å²) in [5.74, 6) is -1.06. The van der Waals surface area contributed by atoms with Crippen LogP contribution in [0.25, 0.3) is 0 Å². The van der Waals surface area contributed by atoms with Gasteiger partial charge < -0.3 is 11.5 Å². The molecule has 0 aliphatic heterocycles. The molecule has 4 nitrogen and oxygen atoms in total. The van der Waals surface area contributed by atoms with Crippen molar-refractivity contribution in [1.82, 2.24) is 0 Å². The van der Waals surface area contributed by atoms with Crippen molar-refractivity contribution in [3.05, 3.63) is 11.3 Å². The van der Waals surface area contributed by atoms with Gasteiger partial charge in [-0.3, -0.25) is 9.59 Å². The molecule has 0 heterocycles. The molecule has 0 aliphatic carbocycles. The minimum Gasteiger partial charge on any atom is -0.394 e. The van der Waals surface area contributed by atoms with Gasteiger partial charge >= 0.3 is 0 Å². The number of hydrogen-bond acceptors (Lipinski definition) is 3. The number of ketones is 1. The zero-order valence-electron chi connectivity index (χ0n) is 7.55. The van der Waals surface area contributed by atoms with Gasteiger partial charge in [-0.25, -0.2) is 0 Å². The SMILES string of the molecule is C/C(C(=O)C(C)C)=C(\N)C(N)=O. The Labute approximate surface area is 71.6 Å². The number of rotatable bonds is 3. The molecule has 0 saturated heterocycles. The van der Waals surface area contributed by atoms with Crippen LogP contribution in [0.1, 0.15) is 20.8 Å². The molecule has 0 aromatic rings. The number of hydrogen-bond donors (Lipinski definition) is 2. The van der Waals surface area contributed by atoms with Crippen LogP contribution in [0.5, 0.6) is 0 Å². The summed E-state index contributed by atoms with van der Waals surface area (Å²) in [6.07, 6.45) is 0. The van der Waals surface area contributed by atoms with E-state index in [0.29, 0.717) is 0 Å². The van der Waals surface area contributed by atoms with E-state index in [1.54, 1.807) is 13.8 Å². The van der Waals surface area contributed by atoms with Gasteiger partial charge in [-0.15, -0.1) is 0 Å². The van der Waals surface area contributed by atoms with Crippen LogP contribution in [-0.4, -0.2) is 11.7 Å². The van der Waals surface area contributed by atoms with Gasteiger partial charge in [0.05, 0.1) is 0 Å². The predicted octanol–water partition coefficient (Wildman–Crippen LogP) is -0.0705. The van der Waals surface area contributed by atoms with Crippen LogP contribution in [0.3, 0.4) is 0 Å². The van der Waals surface area contributed by atoms with Gasteiger partial charge in [-0.1, -0.05) is 13.8 Å². The molecule has 0 saturated carbocycles. The maximum Gasteiger partial charge on any atom is 0.264 e. The summed E-state index contributed by atoms with van der Waals surface area (Å²) in [6, 6.07) is 0. The molecule has 0 atom stereocenters. The minimum atomic E-state index is -0.749. The fourth-order valence-electron chi connectivity index (χ4n) is 0.751. The van der Waals surface area contributed by atoms with Gasteiger partial charge in [0, 0.05) is 11.5 Å². The Kier molecular flexibility index (Phi) is 3.47. The first-order valence-electron chi connectivity index (χ1n) is 3.68. The highest BCUT2D eigenvalue weighted by atomic mass is 16.1. The summed E-state index contributed by atoms with van der Waals surface area (Å²) in [5, 5.41) is 0. The van der Waals surface area contributed by atoms with Gasteiger partial charge in [-0.2, -0.15) is 0 Å². The summed E-state index contributed by atoms with van der Waals surface area (Å²) in [4.78, 5) is 21.8. The van der Waals surface area contributed by atoms with Crippen LogP contribution in [0.2, 0.25) is 0 Å². The van der Waals surface area contributed by atoms with Crippen molar-refractivity contribution in [2.75, 3.05) is 0 Å². The van der Waals surface area contributed by atoms with E-state index in [9.17, 15) is 9.59 Å². The van der Waals surface area contributed by atoms with Gasteiger partial charge in [-0.05, 0) is 6.92 Å². The van der Waals surface area contributed by atoms with Gasteiger partial charge in [0.15, 0.2) is 5.78 Å². The van der Waals surface area contributed by atoms with Crippen molar-refractivity contribution in [2.45, 2.75) is 20.8 Å². The summed E-state index contributed by atoms with van der Waals surface area (Å²) in [7, 11) is 0. The minimum absolute atomic E-state index is 0.145. The lowest BCUT2D eigenvalue weighted by Gasteiger charge is -2.05. The summed E-state index contributed by atoms with van der Waals surface area (Å²) in [5.41, 5.74) is 10.3. The molecular formula is C8H14N2O2. The van der Waals surface area contributed by atoms with Crippen LogP contribution in [0.15, 0.2) is 11.3 Å². The van der Waals surface area contributed by atoms with Gasteiger partial charge in [0.2, 0.25) is 0 Å². The smallest absolute Gasteiger partial charge is 0.264 e. The summed E-state index contributed by atoms with van der Waals surface area (Å²) >= 11 is 0. The number of amides is 1. The fourth-order valence-corrected chi connectivity index (χ4v) is 0.751. The Morgan fingerprint density at radius 2 is 1.58 bits per heavy atom. The first-order valence-corrected chi connectivity index (χ1v) is 3.68. The molecule has 0 radical (unpaired) electrons. The molecule has 0 aromatic carbocycles. The molecule has 0 rings (SSSR count). The maximum absolute atomic E-state index is 11.2. The fraction of sp³-hybridized carbons (Fsp3) is 0.500. The van der Waals surface area contributed by atoms with Crippen LogP contribution in [0, 0.1) is 5.92 Å². The Balaban J connectivity index is 4.79. The van der Waals surface area contributed by atoms with Crippen LogP contribution in [-0.2, 0) is 9.59 Å². The van der Waals surface area contributed by atoms with E-state index >= 15 is 0 Å². The number of Topliss-reactive ketones (excluding diaryl/α,β-unsaturated/α-hetero) is 1. The van der Waals surface area contributed by atoms with Crippen molar-refractivity contribution in [3.63, 3.8) is 0 Å². The van der Waals surface area contributed by atoms with E-state index in [2.05, 4.69) is 0 Å². The quantitative estimate of drug-likeness (QED) is 0.581. The van der Waals surface area contributed by atoms with Crippen molar-refractivity contribution in [1.29, 1.82) is 0 Å². The Bertz CT molecular complexity index is 241. The van der Waals surface area contributed by atoms with E-state index in [-0.39, 0.29) is 23.0 Å².